The lowest BCUT2D eigenvalue weighted by Gasteiger charge is -2.10. The number of furan rings is 1. The van der Waals surface area contributed by atoms with Crippen LogP contribution >= 0.6 is 11.3 Å². The van der Waals surface area contributed by atoms with Crippen LogP contribution in [0.15, 0.2) is 132 Å². The van der Waals surface area contributed by atoms with Gasteiger partial charge >= 0.3 is 0 Å². The molecular weight excluding hydrogens is 534 g/mol. The maximum absolute atomic E-state index is 6.20. The van der Waals surface area contributed by atoms with Gasteiger partial charge in [0.2, 0.25) is 0 Å². The van der Waals surface area contributed by atoms with E-state index in [0.29, 0.717) is 17.5 Å². The van der Waals surface area contributed by atoms with Gasteiger partial charge in [-0.3, -0.25) is 0 Å². The van der Waals surface area contributed by atoms with Crippen molar-refractivity contribution in [2.45, 2.75) is 0 Å². The lowest BCUT2D eigenvalue weighted by Crippen LogP contribution is -2.00. The second kappa shape index (κ2) is 9.06. The zero-order valence-electron chi connectivity index (χ0n) is 22.3. The quantitative estimate of drug-likeness (QED) is 0.218. The van der Waals surface area contributed by atoms with Gasteiger partial charge in [-0.05, 0) is 41.1 Å². The third-order valence-electron chi connectivity index (χ3n) is 7.92. The van der Waals surface area contributed by atoms with Gasteiger partial charge in [0.05, 0.1) is 0 Å². The van der Waals surface area contributed by atoms with Crippen molar-refractivity contribution in [1.82, 2.24) is 15.0 Å². The standard InChI is InChI=1S/C37H21N3OS/c1-2-9-23-20-24(17-16-22(23)8-1)35-38-36(25-18-19-27-26-10-4-6-15-32(26)42-33(27)21-25)40-37(39-35)29-12-7-14-31-34(29)28-11-3-5-13-30(28)41-31/h1-21H. The van der Waals surface area contributed by atoms with Gasteiger partial charge in [-0.25, -0.2) is 15.0 Å². The number of nitrogens with zero attached hydrogens (tertiary/aromatic N) is 3. The molecule has 0 bridgehead atoms. The summed E-state index contributed by atoms with van der Waals surface area (Å²) < 4.78 is 8.69. The summed E-state index contributed by atoms with van der Waals surface area (Å²) in [4.78, 5) is 15.2. The van der Waals surface area contributed by atoms with Crippen LogP contribution < -0.4 is 0 Å². The first-order chi connectivity index (χ1) is 20.8. The maximum atomic E-state index is 6.20. The fourth-order valence-electron chi connectivity index (χ4n) is 5.91. The van der Waals surface area contributed by atoms with E-state index in [9.17, 15) is 0 Å². The molecule has 0 saturated heterocycles. The highest BCUT2D eigenvalue weighted by Crippen LogP contribution is 2.38. The Balaban J connectivity index is 1.31. The molecule has 196 valence electrons. The summed E-state index contributed by atoms with van der Waals surface area (Å²) in [7, 11) is 0. The lowest BCUT2D eigenvalue weighted by atomic mass is 10.0. The Kier molecular flexibility index (Phi) is 5.03. The van der Waals surface area contributed by atoms with Gasteiger partial charge < -0.3 is 4.42 Å². The molecule has 4 nitrogen and oxygen atoms in total. The molecule has 0 unspecified atom stereocenters. The van der Waals surface area contributed by atoms with Crippen LogP contribution in [0, 0.1) is 0 Å². The van der Waals surface area contributed by atoms with Gasteiger partial charge in [0, 0.05) is 47.6 Å². The average Bonchev–Trinajstić information content (AvgIpc) is 3.62. The highest BCUT2D eigenvalue weighted by molar-refractivity contribution is 7.25. The summed E-state index contributed by atoms with van der Waals surface area (Å²) in [6, 6.07) is 44.0. The Morgan fingerprint density at radius 3 is 2.02 bits per heavy atom. The van der Waals surface area contributed by atoms with Crippen molar-refractivity contribution in [2.24, 2.45) is 0 Å². The molecule has 0 fully saturated rings. The van der Waals surface area contributed by atoms with Crippen LogP contribution in [0.5, 0.6) is 0 Å². The van der Waals surface area contributed by atoms with Gasteiger partial charge in [-0.1, -0.05) is 97.1 Å². The molecule has 0 aliphatic carbocycles. The molecule has 3 heterocycles. The summed E-state index contributed by atoms with van der Waals surface area (Å²) >= 11 is 1.79. The Labute approximate surface area is 244 Å². The van der Waals surface area contributed by atoms with Crippen molar-refractivity contribution >= 4 is 64.2 Å². The summed E-state index contributed by atoms with van der Waals surface area (Å²) in [5.74, 6) is 1.91. The highest BCUT2D eigenvalue weighted by atomic mass is 32.1. The van der Waals surface area contributed by atoms with Crippen molar-refractivity contribution in [3.05, 3.63) is 127 Å². The van der Waals surface area contributed by atoms with E-state index in [1.807, 2.05) is 30.3 Å². The first-order valence-electron chi connectivity index (χ1n) is 13.9. The maximum Gasteiger partial charge on any atom is 0.164 e. The molecule has 0 N–H and O–H groups in total. The molecule has 0 spiro atoms. The topological polar surface area (TPSA) is 51.8 Å². The second-order valence-corrected chi connectivity index (χ2v) is 11.5. The normalized spacial score (nSPS) is 11.8. The van der Waals surface area contributed by atoms with Crippen LogP contribution in [0.3, 0.4) is 0 Å². The predicted molar refractivity (Wildman–Crippen MR) is 174 cm³/mol. The smallest absolute Gasteiger partial charge is 0.164 e. The summed E-state index contributed by atoms with van der Waals surface area (Å²) in [5.41, 5.74) is 4.50. The lowest BCUT2D eigenvalue weighted by molar-refractivity contribution is 0.669. The largest absolute Gasteiger partial charge is 0.456 e. The summed E-state index contributed by atoms with van der Waals surface area (Å²) in [6.45, 7) is 0. The molecular formula is C37H21N3OS. The van der Waals surface area contributed by atoms with E-state index in [4.69, 9.17) is 19.4 Å². The molecule has 5 heteroatoms. The third kappa shape index (κ3) is 3.64. The molecule has 6 aromatic carbocycles. The van der Waals surface area contributed by atoms with Gasteiger partial charge in [0.15, 0.2) is 17.5 Å². The van der Waals surface area contributed by atoms with E-state index in [1.54, 1.807) is 11.3 Å². The molecule has 0 aliphatic rings. The minimum absolute atomic E-state index is 0.622. The van der Waals surface area contributed by atoms with Crippen molar-refractivity contribution < 1.29 is 4.42 Å². The van der Waals surface area contributed by atoms with E-state index in [-0.39, 0.29) is 0 Å². The fourth-order valence-corrected chi connectivity index (χ4v) is 7.05. The van der Waals surface area contributed by atoms with Crippen LogP contribution in [0.2, 0.25) is 0 Å². The van der Waals surface area contributed by atoms with Gasteiger partial charge in [0.25, 0.3) is 0 Å². The molecule has 0 aliphatic heterocycles. The molecule has 0 amide bonds. The van der Waals surface area contributed by atoms with E-state index >= 15 is 0 Å². The molecule has 42 heavy (non-hydrogen) atoms. The fraction of sp³-hybridized carbons (Fsp3) is 0. The Morgan fingerprint density at radius 2 is 1.12 bits per heavy atom. The molecule has 0 atom stereocenters. The zero-order valence-corrected chi connectivity index (χ0v) is 23.1. The van der Waals surface area contributed by atoms with Crippen LogP contribution in [0.25, 0.3) is 87.0 Å². The highest BCUT2D eigenvalue weighted by Gasteiger charge is 2.18. The monoisotopic (exact) mass is 555 g/mol. The number of benzene rings is 6. The minimum atomic E-state index is 0.622. The third-order valence-corrected chi connectivity index (χ3v) is 9.06. The average molecular weight is 556 g/mol. The number of thiophene rings is 1. The van der Waals surface area contributed by atoms with Crippen LogP contribution in [0.1, 0.15) is 0 Å². The van der Waals surface area contributed by atoms with Gasteiger partial charge in [-0.15, -0.1) is 11.3 Å². The Hall–Kier alpha value is -5.39. The number of aromatic nitrogens is 3. The number of para-hydroxylation sites is 1. The second-order valence-electron chi connectivity index (χ2n) is 10.5. The molecule has 0 saturated carbocycles. The van der Waals surface area contributed by atoms with Crippen molar-refractivity contribution in [3.8, 4) is 34.2 Å². The molecule has 9 rings (SSSR count). The number of hydrogen-bond donors (Lipinski definition) is 0. The number of fused-ring (bicyclic) bond motifs is 7. The van der Waals surface area contributed by atoms with E-state index < -0.39 is 0 Å². The van der Waals surface area contributed by atoms with E-state index in [2.05, 4.69) is 97.1 Å². The van der Waals surface area contributed by atoms with Crippen LogP contribution in [-0.4, -0.2) is 15.0 Å². The number of rotatable bonds is 3. The van der Waals surface area contributed by atoms with Crippen LogP contribution in [-0.2, 0) is 0 Å². The molecule has 0 radical (unpaired) electrons. The summed E-state index contributed by atoms with van der Waals surface area (Å²) in [6.07, 6.45) is 0. The van der Waals surface area contributed by atoms with E-state index in [0.717, 1.165) is 44.0 Å². The zero-order chi connectivity index (χ0) is 27.6. The molecule has 3 aromatic heterocycles. The minimum Gasteiger partial charge on any atom is -0.456 e. The predicted octanol–water partition coefficient (Wildman–Crippen LogP) is 10.3. The first kappa shape index (κ1) is 23.3. The van der Waals surface area contributed by atoms with Crippen molar-refractivity contribution in [1.29, 1.82) is 0 Å². The van der Waals surface area contributed by atoms with E-state index in [1.165, 1.54) is 25.6 Å². The molecule has 9 aromatic rings. The Bertz CT molecular complexity index is 2490. The van der Waals surface area contributed by atoms with Gasteiger partial charge in [0.1, 0.15) is 11.2 Å². The van der Waals surface area contributed by atoms with Crippen LogP contribution in [0.4, 0.5) is 0 Å². The number of hydrogen-bond acceptors (Lipinski definition) is 5. The first-order valence-corrected chi connectivity index (χ1v) is 14.7. The Morgan fingerprint density at radius 1 is 0.452 bits per heavy atom. The van der Waals surface area contributed by atoms with Gasteiger partial charge in [-0.2, -0.15) is 0 Å². The SMILES string of the molecule is c1ccc2cc(-c3nc(-c4ccc5c(c4)sc4ccccc45)nc(-c4cccc5oc6ccccc6c45)n3)ccc2c1. The summed E-state index contributed by atoms with van der Waals surface area (Å²) in [5, 5.41) is 6.90. The van der Waals surface area contributed by atoms with Crippen molar-refractivity contribution in [3.63, 3.8) is 0 Å². The van der Waals surface area contributed by atoms with Crippen molar-refractivity contribution in [2.75, 3.05) is 0 Å².